The number of aliphatic hydroxyl groups is 1. The highest BCUT2D eigenvalue weighted by molar-refractivity contribution is 6.08. The molecule has 18 heavy (non-hydrogen) atoms. The molecule has 0 aromatic heterocycles. The van der Waals surface area contributed by atoms with Crippen LogP contribution < -0.4 is 4.90 Å². The number of nitriles is 1. The van der Waals surface area contributed by atoms with E-state index in [1.165, 1.54) is 11.8 Å². The molecule has 0 aliphatic rings. The zero-order valence-electron chi connectivity index (χ0n) is 10.1. The number of benzene rings is 1. The fourth-order valence-electron chi connectivity index (χ4n) is 1.46. The van der Waals surface area contributed by atoms with Crippen molar-refractivity contribution in [1.82, 2.24) is 0 Å². The van der Waals surface area contributed by atoms with Crippen molar-refractivity contribution in [3.63, 3.8) is 0 Å². The average Bonchev–Trinajstić information content (AvgIpc) is 2.37. The molecule has 0 atom stereocenters. The molecule has 0 saturated heterocycles. The molecule has 0 spiro atoms. The first-order valence-corrected chi connectivity index (χ1v) is 5.39. The SMILES string of the molecule is C=CCN(C(=O)C(C#N)=C(C)O)c1ccccc1. The maximum absolute atomic E-state index is 12.1. The second-order valence-corrected chi connectivity index (χ2v) is 3.61. The van der Waals surface area contributed by atoms with E-state index in [0.29, 0.717) is 5.69 Å². The van der Waals surface area contributed by atoms with Crippen molar-refractivity contribution in [3.8, 4) is 6.07 Å². The van der Waals surface area contributed by atoms with Crippen LogP contribution in [0.5, 0.6) is 0 Å². The number of anilines is 1. The van der Waals surface area contributed by atoms with Gasteiger partial charge in [-0.1, -0.05) is 24.3 Å². The topological polar surface area (TPSA) is 64.3 Å². The van der Waals surface area contributed by atoms with Crippen molar-refractivity contribution >= 4 is 11.6 Å². The third-order valence-electron chi connectivity index (χ3n) is 2.31. The maximum atomic E-state index is 12.1. The Labute approximate surface area is 106 Å². The van der Waals surface area contributed by atoms with Crippen LogP contribution in [0.25, 0.3) is 0 Å². The monoisotopic (exact) mass is 242 g/mol. The molecule has 0 aliphatic carbocycles. The number of hydrogen-bond donors (Lipinski definition) is 1. The number of para-hydroxylation sites is 1. The van der Waals surface area contributed by atoms with Gasteiger partial charge in [0, 0.05) is 12.2 Å². The number of amides is 1. The number of carbonyl (C=O) groups is 1. The van der Waals surface area contributed by atoms with Gasteiger partial charge < -0.3 is 10.0 Å². The molecule has 4 heteroatoms. The fraction of sp³-hybridized carbons (Fsp3) is 0.143. The highest BCUT2D eigenvalue weighted by Crippen LogP contribution is 2.17. The van der Waals surface area contributed by atoms with Crippen LogP contribution in [0, 0.1) is 11.3 Å². The zero-order chi connectivity index (χ0) is 13.5. The van der Waals surface area contributed by atoms with E-state index in [9.17, 15) is 9.90 Å². The van der Waals surface area contributed by atoms with E-state index in [1.54, 1.807) is 36.4 Å². The molecular weight excluding hydrogens is 228 g/mol. The normalized spacial score (nSPS) is 11.1. The summed E-state index contributed by atoms with van der Waals surface area (Å²) in [6.07, 6.45) is 1.56. The summed E-state index contributed by atoms with van der Waals surface area (Å²) < 4.78 is 0. The van der Waals surface area contributed by atoms with Crippen molar-refractivity contribution in [2.75, 3.05) is 11.4 Å². The number of nitrogens with zero attached hydrogens (tertiary/aromatic N) is 2. The van der Waals surface area contributed by atoms with Crippen molar-refractivity contribution in [2.24, 2.45) is 0 Å². The van der Waals surface area contributed by atoms with Gasteiger partial charge >= 0.3 is 0 Å². The van der Waals surface area contributed by atoms with Crippen LogP contribution in [0.15, 0.2) is 54.3 Å². The first-order valence-electron chi connectivity index (χ1n) is 5.39. The lowest BCUT2D eigenvalue weighted by molar-refractivity contribution is -0.114. The largest absolute Gasteiger partial charge is 0.511 e. The summed E-state index contributed by atoms with van der Waals surface area (Å²) in [5, 5.41) is 18.2. The Morgan fingerprint density at radius 3 is 2.56 bits per heavy atom. The quantitative estimate of drug-likeness (QED) is 0.382. The molecule has 1 N–H and O–H groups in total. The summed E-state index contributed by atoms with van der Waals surface area (Å²) in [5.74, 6) is -0.823. The van der Waals surface area contributed by atoms with E-state index in [2.05, 4.69) is 6.58 Å². The van der Waals surface area contributed by atoms with E-state index in [4.69, 9.17) is 5.26 Å². The maximum Gasteiger partial charge on any atom is 0.272 e. The smallest absolute Gasteiger partial charge is 0.272 e. The van der Waals surface area contributed by atoms with Crippen molar-refractivity contribution in [3.05, 3.63) is 54.3 Å². The van der Waals surface area contributed by atoms with Gasteiger partial charge in [-0.3, -0.25) is 4.79 Å². The number of carbonyl (C=O) groups excluding carboxylic acids is 1. The molecule has 0 aliphatic heterocycles. The van der Waals surface area contributed by atoms with E-state index < -0.39 is 5.91 Å². The van der Waals surface area contributed by atoms with Gasteiger partial charge in [0.15, 0.2) is 5.57 Å². The van der Waals surface area contributed by atoms with Gasteiger partial charge in [0.1, 0.15) is 11.8 Å². The lowest BCUT2D eigenvalue weighted by Gasteiger charge is -2.20. The molecule has 0 saturated carbocycles. The Morgan fingerprint density at radius 2 is 2.11 bits per heavy atom. The van der Waals surface area contributed by atoms with Crippen LogP contribution in [0.2, 0.25) is 0 Å². The van der Waals surface area contributed by atoms with Crippen LogP contribution in [0.3, 0.4) is 0 Å². The molecule has 92 valence electrons. The standard InChI is InChI=1S/C14H14N2O2/c1-3-9-16(12-7-5-4-6-8-12)14(18)13(10-15)11(2)17/h3-8,17H,1,9H2,2H3. The highest BCUT2D eigenvalue weighted by Gasteiger charge is 2.20. The number of allylic oxidation sites excluding steroid dienone is 1. The molecule has 1 aromatic carbocycles. The highest BCUT2D eigenvalue weighted by atomic mass is 16.3. The number of rotatable bonds is 4. The van der Waals surface area contributed by atoms with Gasteiger partial charge in [-0.25, -0.2) is 0 Å². The van der Waals surface area contributed by atoms with Crippen LogP contribution in [-0.4, -0.2) is 17.6 Å². The lowest BCUT2D eigenvalue weighted by atomic mass is 10.2. The van der Waals surface area contributed by atoms with E-state index >= 15 is 0 Å². The Morgan fingerprint density at radius 1 is 1.50 bits per heavy atom. The molecule has 1 amide bonds. The molecule has 0 heterocycles. The minimum Gasteiger partial charge on any atom is -0.511 e. The van der Waals surface area contributed by atoms with E-state index in [-0.39, 0.29) is 17.9 Å². The first-order chi connectivity index (χ1) is 8.61. The van der Waals surface area contributed by atoms with Crippen LogP contribution >= 0.6 is 0 Å². The molecule has 1 aromatic rings. The molecule has 0 radical (unpaired) electrons. The third-order valence-corrected chi connectivity index (χ3v) is 2.31. The number of hydrogen-bond acceptors (Lipinski definition) is 3. The first kappa shape index (κ1) is 13.5. The third kappa shape index (κ3) is 2.98. The fourth-order valence-corrected chi connectivity index (χ4v) is 1.46. The Bertz CT molecular complexity index is 508. The summed E-state index contributed by atoms with van der Waals surface area (Å²) in [4.78, 5) is 13.5. The van der Waals surface area contributed by atoms with Gasteiger partial charge in [0.2, 0.25) is 0 Å². The zero-order valence-corrected chi connectivity index (χ0v) is 10.1. The second-order valence-electron chi connectivity index (χ2n) is 3.61. The average molecular weight is 242 g/mol. The van der Waals surface area contributed by atoms with E-state index in [1.807, 2.05) is 6.07 Å². The molecule has 0 fully saturated rings. The minimum atomic E-state index is -0.538. The number of aliphatic hydroxyl groups excluding tert-OH is 1. The van der Waals surface area contributed by atoms with Gasteiger partial charge in [-0.05, 0) is 19.1 Å². The van der Waals surface area contributed by atoms with Gasteiger partial charge in [0.05, 0.1) is 0 Å². The molecule has 1 rings (SSSR count). The van der Waals surface area contributed by atoms with Crippen LogP contribution in [0.1, 0.15) is 6.92 Å². The Hall–Kier alpha value is -2.54. The lowest BCUT2D eigenvalue weighted by Crippen LogP contribution is -2.32. The molecular formula is C14H14N2O2. The second kappa shape index (κ2) is 6.26. The minimum absolute atomic E-state index is 0.263. The van der Waals surface area contributed by atoms with Gasteiger partial charge in [0.25, 0.3) is 5.91 Å². The summed E-state index contributed by atoms with van der Waals surface area (Å²) in [7, 11) is 0. The summed E-state index contributed by atoms with van der Waals surface area (Å²) >= 11 is 0. The Balaban J connectivity index is 3.16. The predicted octanol–water partition coefficient (Wildman–Crippen LogP) is 2.56. The Kier molecular flexibility index (Phi) is 4.70. The van der Waals surface area contributed by atoms with Crippen molar-refractivity contribution in [1.29, 1.82) is 5.26 Å². The summed E-state index contributed by atoms with van der Waals surface area (Å²) in [5.41, 5.74) is 0.386. The molecule has 0 unspecified atom stereocenters. The van der Waals surface area contributed by atoms with E-state index in [0.717, 1.165) is 0 Å². The predicted molar refractivity (Wildman–Crippen MR) is 69.9 cm³/mol. The molecule has 0 bridgehead atoms. The van der Waals surface area contributed by atoms with Gasteiger partial charge in [-0.15, -0.1) is 6.58 Å². The van der Waals surface area contributed by atoms with Crippen LogP contribution in [0.4, 0.5) is 5.69 Å². The summed E-state index contributed by atoms with van der Waals surface area (Å²) in [6, 6.07) is 10.6. The van der Waals surface area contributed by atoms with Crippen molar-refractivity contribution < 1.29 is 9.90 Å². The molecule has 4 nitrogen and oxygen atoms in total. The summed E-state index contributed by atoms with van der Waals surface area (Å²) in [6.45, 7) is 5.16. The van der Waals surface area contributed by atoms with Gasteiger partial charge in [-0.2, -0.15) is 5.26 Å². The van der Waals surface area contributed by atoms with Crippen LogP contribution in [-0.2, 0) is 4.79 Å². The van der Waals surface area contributed by atoms with Crippen molar-refractivity contribution in [2.45, 2.75) is 6.92 Å².